The van der Waals surface area contributed by atoms with Gasteiger partial charge in [-0.1, -0.05) is 25.3 Å². The molecule has 0 aliphatic carbocycles. The Morgan fingerprint density at radius 3 is 2.47 bits per heavy atom. The third-order valence-corrected chi connectivity index (χ3v) is 2.14. The van der Waals surface area contributed by atoms with Crippen LogP contribution in [0.5, 0.6) is 0 Å². The molecule has 0 amide bonds. The molecule has 0 saturated carbocycles. The van der Waals surface area contributed by atoms with Gasteiger partial charge in [0, 0.05) is 13.6 Å². The summed E-state index contributed by atoms with van der Waals surface area (Å²) in [6.07, 6.45) is 5.44. The van der Waals surface area contributed by atoms with E-state index in [2.05, 4.69) is 25.0 Å². The Morgan fingerprint density at radius 1 is 1.47 bits per heavy atom. The van der Waals surface area contributed by atoms with E-state index in [4.69, 9.17) is 4.74 Å². The number of allylic oxidation sites excluding steroid dienone is 3. The van der Waals surface area contributed by atoms with E-state index in [9.17, 15) is 0 Å². The van der Waals surface area contributed by atoms with E-state index in [1.54, 1.807) is 0 Å². The normalized spacial score (nSPS) is 12.3. The average molecular weight is 207 g/mol. The lowest BCUT2D eigenvalue weighted by Gasteiger charge is -2.23. The van der Waals surface area contributed by atoms with Crippen LogP contribution in [0, 0.1) is 0 Å². The predicted molar refractivity (Wildman–Crippen MR) is 66.2 cm³/mol. The van der Waals surface area contributed by atoms with Gasteiger partial charge >= 0.3 is 0 Å². The first-order valence-corrected chi connectivity index (χ1v) is 5.10. The third kappa shape index (κ3) is 4.07. The number of rotatable bonds is 6. The van der Waals surface area contributed by atoms with Crippen molar-refractivity contribution < 1.29 is 4.74 Å². The highest BCUT2D eigenvalue weighted by Gasteiger charge is 2.10. The Morgan fingerprint density at radius 2 is 2.07 bits per heavy atom. The minimum atomic E-state index is 0.630. The summed E-state index contributed by atoms with van der Waals surface area (Å²) in [4.78, 5) is 2.10. The fourth-order valence-corrected chi connectivity index (χ4v) is 1.38. The number of ether oxygens (including phenoxy) is 1. The van der Waals surface area contributed by atoms with Crippen molar-refractivity contribution in [2.45, 2.75) is 20.8 Å². The molecule has 0 atom stereocenters. The molecular weight excluding hydrogens is 186 g/mol. The highest BCUT2D eigenvalue weighted by molar-refractivity contribution is 5.33. The first kappa shape index (κ1) is 13.6. The average Bonchev–Trinajstić information content (AvgIpc) is 2.18. The summed E-state index contributed by atoms with van der Waals surface area (Å²) >= 11 is 0. The van der Waals surface area contributed by atoms with Crippen molar-refractivity contribution in [2.24, 2.45) is 0 Å². The van der Waals surface area contributed by atoms with Gasteiger partial charge < -0.3 is 9.64 Å². The van der Waals surface area contributed by atoms with Crippen LogP contribution < -0.4 is 0 Å². The second kappa shape index (κ2) is 6.93. The topological polar surface area (TPSA) is 12.5 Å². The molecule has 0 fully saturated rings. The molecule has 0 N–H and O–H groups in total. The van der Waals surface area contributed by atoms with Crippen LogP contribution in [-0.4, -0.2) is 18.5 Å². The van der Waals surface area contributed by atoms with Crippen LogP contribution in [0.25, 0.3) is 0 Å². The van der Waals surface area contributed by atoms with Gasteiger partial charge in [0.1, 0.15) is 5.76 Å². The molecule has 0 aliphatic heterocycles. The van der Waals surface area contributed by atoms with Crippen LogP contribution in [0.2, 0.25) is 0 Å². The van der Waals surface area contributed by atoms with Gasteiger partial charge in [-0.25, -0.2) is 0 Å². The van der Waals surface area contributed by atoms with Crippen molar-refractivity contribution in [3.8, 4) is 0 Å². The van der Waals surface area contributed by atoms with Crippen molar-refractivity contribution in [2.75, 3.05) is 13.6 Å². The zero-order valence-corrected chi connectivity index (χ0v) is 10.2. The van der Waals surface area contributed by atoms with Gasteiger partial charge in [0.05, 0.1) is 12.0 Å². The zero-order chi connectivity index (χ0) is 11.8. The molecule has 0 unspecified atom stereocenters. The van der Waals surface area contributed by atoms with E-state index in [1.807, 2.05) is 33.0 Å². The predicted octanol–water partition coefficient (Wildman–Crippen LogP) is 3.46. The molecule has 15 heavy (non-hydrogen) atoms. The van der Waals surface area contributed by atoms with Gasteiger partial charge in [-0.05, 0) is 26.3 Å². The van der Waals surface area contributed by atoms with Crippen LogP contribution in [-0.2, 0) is 4.74 Å². The van der Waals surface area contributed by atoms with Crippen LogP contribution in [0.3, 0.4) is 0 Å². The number of hydrogen-bond acceptors (Lipinski definition) is 2. The molecule has 0 aromatic rings. The Labute approximate surface area is 93.2 Å². The Bertz CT molecular complexity index is 287. The van der Waals surface area contributed by atoms with Gasteiger partial charge in [0.25, 0.3) is 0 Å². The molecule has 0 aliphatic rings. The number of likely N-dealkylation sites (N-methyl/N-ethyl adjacent to an activating group) is 1. The summed E-state index contributed by atoms with van der Waals surface area (Å²) in [7, 11) is 2.01. The summed E-state index contributed by atoms with van der Waals surface area (Å²) in [5.74, 6) is 0.630. The maximum atomic E-state index is 5.23. The van der Waals surface area contributed by atoms with Crippen molar-refractivity contribution in [1.29, 1.82) is 0 Å². The van der Waals surface area contributed by atoms with Crippen LogP contribution in [0.1, 0.15) is 20.8 Å². The molecular formula is C13H21NO. The SMILES string of the molecule is C=COC(=C)/C(=C(C)\C=C/C)N(C)CC. The fourth-order valence-electron chi connectivity index (χ4n) is 1.38. The molecule has 0 aromatic heterocycles. The Balaban J connectivity index is 5.12. The summed E-state index contributed by atoms with van der Waals surface area (Å²) in [5.41, 5.74) is 2.14. The molecule has 0 spiro atoms. The third-order valence-electron chi connectivity index (χ3n) is 2.14. The van der Waals surface area contributed by atoms with Gasteiger partial charge in [0.2, 0.25) is 0 Å². The van der Waals surface area contributed by atoms with Crippen LogP contribution in [0.4, 0.5) is 0 Å². The Hall–Kier alpha value is -1.44. The minimum Gasteiger partial charge on any atom is -0.464 e. The van der Waals surface area contributed by atoms with E-state index in [0.717, 1.165) is 17.8 Å². The largest absolute Gasteiger partial charge is 0.464 e. The standard InChI is InChI=1S/C13H21NO/c1-7-10-11(4)13(14(6)8-2)12(5)15-9-3/h7,9-10H,3,5,8H2,1-2,4,6H3/b10-7-,13-11+. The highest BCUT2D eigenvalue weighted by Crippen LogP contribution is 2.19. The van der Waals surface area contributed by atoms with Crippen molar-refractivity contribution in [3.63, 3.8) is 0 Å². The van der Waals surface area contributed by atoms with E-state index in [-0.39, 0.29) is 0 Å². The van der Waals surface area contributed by atoms with E-state index < -0.39 is 0 Å². The second-order valence-electron chi connectivity index (χ2n) is 3.25. The van der Waals surface area contributed by atoms with E-state index >= 15 is 0 Å². The lowest BCUT2D eigenvalue weighted by molar-refractivity contribution is 0.319. The fraction of sp³-hybridized carbons (Fsp3) is 0.385. The Kier molecular flexibility index (Phi) is 6.27. The number of nitrogens with zero attached hydrogens (tertiary/aromatic N) is 1. The molecule has 84 valence electrons. The molecule has 0 bridgehead atoms. The van der Waals surface area contributed by atoms with E-state index in [0.29, 0.717) is 5.76 Å². The molecule has 0 heterocycles. The number of hydrogen-bond donors (Lipinski definition) is 0. The summed E-state index contributed by atoms with van der Waals surface area (Å²) in [6, 6.07) is 0. The minimum absolute atomic E-state index is 0.630. The first-order valence-electron chi connectivity index (χ1n) is 5.10. The molecule has 0 saturated heterocycles. The van der Waals surface area contributed by atoms with Gasteiger partial charge in [-0.3, -0.25) is 0 Å². The van der Waals surface area contributed by atoms with Gasteiger partial charge in [0.15, 0.2) is 0 Å². The first-order chi connectivity index (χ1) is 7.08. The summed E-state index contributed by atoms with van der Waals surface area (Å²) in [5, 5.41) is 0. The van der Waals surface area contributed by atoms with Crippen molar-refractivity contribution >= 4 is 0 Å². The summed E-state index contributed by atoms with van der Waals surface area (Å²) < 4.78 is 5.23. The maximum absolute atomic E-state index is 5.23. The highest BCUT2D eigenvalue weighted by atomic mass is 16.5. The molecule has 0 aromatic carbocycles. The van der Waals surface area contributed by atoms with Crippen LogP contribution in [0.15, 0.2) is 48.6 Å². The van der Waals surface area contributed by atoms with Crippen molar-refractivity contribution in [1.82, 2.24) is 4.90 Å². The zero-order valence-electron chi connectivity index (χ0n) is 10.2. The van der Waals surface area contributed by atoms with Crippen LogP contribution >= 0.6 is 0 Å². The molecule has 2 heteroatoms. The van der Waals surface area contributed by atoms with E-state index in [1.165, 1.54) is 6.26 Å². The van der Waals surface area contributed by atoms with Gasteiger partial charge in [-0.2, -0.15) is 0 Å². The van der Waals surface area contributed by atoms with Crippen molar-refractivity contribution in [3.05, 3.63) is 48.6 Å². The maximum Gasteiger partial charge on any atom is 0.142 e. The second-order valence-corrected chi connectivity index (χ2v) is 3.25. The van der Waals surface area contributed by atoms with Gasteiger partial charge in [-0.15, -0.1) is 0 Å². The summed E-state index contributed by atoms with van der Waals surface area (Å²) in [6.45, 7) is 14.4. The lowest BCUT2D eigenvalue weighted by atomic mass is 10.1. The molecule has 0 rings (SSSR count). The quantitative estimate of drug-likeness (QED) is 0.488. The monoisotopic (exact) mass is 207 g/mol. The smallest absolute Gasteiger partial charge is 0.142 e. The molecule has 0 radical (unpaired) electrons. The lowest BCUT2D eigenvalue weighted by Crippen LogP contribution is -2.20. The molecule has 2 nitrogen and oxygen atoms in total.